The number of hydrogen-bond acceptors (Lipinski definition) is 13. The highest BCUT2D eigenvalue weighted by atomic mass is 31.2. The van der Waals surface area contributed by atoms with E-state index in [0.29, 0.717) is 31.5 Å². The van der Waals surface area contributed by atoms with Gasteiger partial charge in [-0.1, -0.05) is 137 Å². The van der Waals surface area contributed by atoms with Crippen molar-refractivity contribution in [3.63, 3.8) is 0 Å². The molecule has 0 aromatic carbocycles. The van der Waals surface area contributed by atoms with Crippen molar-refractivity contribution in [3.8, 4) is 0 Å². The number of carbonyl (C=O) groups is 2. The summed E-state index contributed by atoms with van der Waals surface area (Å²) in [7, 11) is -5.15. The standard InChI is InChI=1S/C51H81O14P/c1-3-5-7-8-9-10-11-12-13-14-15-16-17-18-19-24-27-30-34-38-45(53)63-41(40-62-66(59,60)65-51-49(57)47(55)46(54)48(56)50(51)58)39-61-44(52)37-33-29-26-23-21-20-22-25-28-32-36-43-42(64-43)35-31-6-4-2/h5,7,9-10,12-13,15-16,18-20,22-23,26,28,32,41-43,46-51,54-58H,3-4,6,8,11,14,17,21,24-25,27,29-31,33-40H2,1-2H3,(H,59,60)/b7-5-,10-9-,13-12-,16-15-,19-18-,22-20-,26-23-,32-28-/t41-,42?,43?,46?,47-,48+,49-,50-,51?/m1/s1. The van der Waals surface area contributed by atoms with Gasteiger partial charge in [-0.05, 0) is 89.9 Å². The van der Waals surface area contributed by atoms with Gasteiger partial charge in [0, 0.05) is 12.8 Å². The van der Waals surface area contributed by atoms with E-state index in [0.717, 1.165) is 77.0 Å². The Kier molecular flexibility index (Phi) is 32.8. The molecule has 1 saturated carbocycles. The average Bonchev–Trinajstić information content (AvgIpc) is 4.06. The SMILES string of the molecule is CC/C=C\C/C=C\C/C=C\C/C=C\C/C=C\CCCCCC(=O)O[C@H](COC(=O)CCC/C=C\C/C=C\C/C=C\CC1OC1CCCCC)COP(=O)(O)OC1[C@H](O)[C@H](O)C(O)[C@H](O)[C@H]1O. The zero-order valence-electron chi connectivity index (χ0n) is 39.4. The fourth-order valence-corrected chi connectivity index (χ4v) is 7.84. The van der Waals surface area contributed by atoms with E-state index >= 15 is 0 Å². The number of ether oxygens (including phenoxy) is 3. The van der Waals surface area contributed by atoms with Crippen LogP contribution in [-0.4, -0.2) is 111 Å². The molecule has 0 aromatic heterocycles. The molecular formula is C51H81O14P. The summed E-state index contributed by atoms with van der Waals surface area (Å²) in [6.07, 6.45) is 37.8. The summed E-state index contributed by atoms with van der Waals surface area (Å²) in [5, 5.41) is 50.2. The van der Waals surface area contributed by atoms with E-state index in [1.165, 1.54) is 19.3 Å². The molecule has 66 heavy (non-hydrogen) atoms. The van der Waals surface area contributed by atoms with E-state index in [4.69, 9.17) is 23.3 Å². The van der Waals surface area contributed by atoms with Crippen LogP contribution in [0.4, 0.5) is 0 Å². The van der Waals surface area contributed by atoms with Gasteiger partial charge < -0.3 is 44.6 Å². The van der Waals surface area contributed by atoms with Crippen molar-refractivity contribution >= 4 is 19.8 Å². The molecule has 5 unspecified atom stereocenters. The van der Waals surface area contributed by atoms with Crippen LogP contribution in [0.25, 0.3) is 0 Å². The summed E-state index contributed by atoms with van der Waals surface area (Å²) in [5.74, 6) is -1.22. The van der Waals surface area contributed by atoms with Crippen LogP contribution in [0.15, 0.2) is 97.2 Å². The number of allylic oxidation sites excluding steroid dienone is 15. The third kappa shape index (κ3) is 28.2. The molecule has 2 rings (SSSR count). The topological polar surface area (TPSA) is 222 Å². The molecule has 0 amide bonds. The van der Waals surface area contributed by atoms with E-state index in [1.807, 2.05) is 12.2 Å². The zero-order chi connectivity index (χ0) is 48.3. The molecule has 1 aliphatic carbocycles. The van der Waals surface area contributed by atoms with E-state index in [1.54, 1.807) is 0 Å². The quantitative estimate of drug-likeness (QED) is 0.0113. The highest BCUT2D eigenvalue weighted by Crippen LogP contribution is 2.47. The van der Waals surface area contributed by atoms with Crippen LogP contribution in [0.3, 0.4) is 0 Å². The van der Waals surface area contributed by atoms with Gasteiger partial charge in [-0.2, -0.15) is 0 Å². The molecule has 0 spiro atoms. The minimum Gasteiger partial charge on any atom is -0.462 e. The fourth-order valence-electron chi connectivity index (χ4n) is 6.87. The Hall–Kier alpha value is -3.27. The normalized spacial score (nSPS) is 25.2. The predicted molar refractivity (Wildman–Crippen MR) is 257 cm³/mol. The fraction of sp³-hybridized carbons (Fsp3) is 0.647. The summed E-state index contributed by atoms with van der Waals surface area (Å²) in [5.41, 5.74) is 0. The number of hydrogen-bond donors (Lipinski definition) is 6. The predicted octanol–water partition coefficient (Wildman–Crippen LogP) is 8.82. The summed E-state index contributed by atoms with van der Waals surface area (Å²) in [6.45, 7) is 3.07. The lowest BCUT2D eigenvalue weighted by atomic mass is 9.85. The average molecular weight is 949 g/mol. The maximum Gasteiger partial charge on any atom is 0.472 e. The second-order valence-corrected chi connectivity index (χ2v) is 18.0. The third-order valence-corrected chi connectivity index (χ3v) is 11.8. The highest BCUT2D eigenvalue weighted by Gasteiger charge is 2.51. The van der Waals surface area contributed by atoms with Gasteiger partial charge in [-0.3, -0.25) is 18.6 Å². The second-order valence-electron chi connectivity index (χ2n) is 16.6. The van der Waals surface area contributed by atoms with Crippen molar-refractivity contribution in [2.75, 3.05) is 13.2 Å². The van der Waals surface area contributed by atoms with Gasteiger partial charge >= 0.3 is 19.8 Å². The molecule has 14 nitrogen and oxygen atoms in total. The van der Waals surface area contributed by atoms with Crippen molar-refractivity contribution in [2.24, 2.45) is 0 Å². The molecule has 2 fully saturated rings. The second kappa shape index (κ2) is 36.7. The molecule has 2 aliphatic rings. The largest absolute Gasteiger partial charge is 0.472 e. The van der Waals surface area contributed by atoms with E-state index < -0.39 is 75.7 Å². The van der Waals surface area contributed by atoms with Crippen LogP contribution >= 0.6 is 7.82 Å². The van der Waals surface area contributed by atoms with Crippen molar-refractivity contribution in [3.05, 3.63) is 97.2 Å². The molecule has 0 aromatic rings. The van der Waals surface area contributed by atoms with Crippen molar-refractivity contribution in [2.45, 2.75) is 197 Å². The number of epoxide rings is 1. The Morgan fingerprint density at radius 3 is 1.62 bits per heavy atom. The Labute approximate surface area is 394 Å². The van der Waals surface area contributed by atoms with Gasteiger partial charge in [0.15, 0.2) is 6.10 Å². The molecular weight excluding hydrogens is 868 g/mol. The van der Waals surface area contributed by atoms with E-state index in [-0.39, 0.29) is 12.8 Å². The number of carbonyl (C=O) groups excluding carboxylic acids is 2. The minimum absolute atomic E-state index is 0.0374. The van der Waals surface area contributed by atoms with Gasteiger partial charge in [0.05, 0.1) is 18.8 Å². The molecule has 374 valence electrons. The van der Waals surface area contributed by atoms with E-state index in [9.17, 15) is 44.6 Å². The Bertz CT molecular complexity index is 1590. The summed E-state index contributed by atoms with van der Waals surface area (Å²) >= 11 is 0. The first-order valence-electron chi connectivity index (χ1n) is 24.2. The number of phosphoric ester groups is 1. The lowest BCUT2D eigenvalue weighted by molar-refractivity contribution is -0.220. The van der Waals surface area contributed by atoms with Crippen LogP contribution in [0, 0.1) is 0 Å². The van der Waals surface area contributed by atoms with Crippen LogP contribution in [0.2, 0.25) is 0 Å². The van der Waals surface area contributed by atoms with Gasteiger partial charge in [0.25, 0.3) is 0 Å². The summed E-state index contributed by atoms with van der Waals surface area (Å²) < 4.78 is 39.2. The lowest BCUT2D eigenvalue weighted by Gasteiger charge is -2.41. The summed E-state index contributed by atoms with van der Waals surface area (Å²) in [4.78, 5) is 35.8. The van der Waals surface area contributed by atoms with Crippen molar-refractivity contribution < 1.29 is 67.8 Å². The molecule has 6 N–H and O–H groups in total. The molecule has 1 heterocycles. The first-order chi connectivity index (χ1) is 31.9. The maximum atomic E-state index is 12.8. The Balaban J connectivity index is 1.73. The van der Waals surface area contributed by atoms with Crippen LogP contribution in [0.5, 0.6) is 0 Å². The zero-order valence-corrected chi connectivity index (χ0v) is 40.3. The van der Waals surface area contributed by atoms with Crippen molar-refractivity contribution in [1.29, 1.82) is 0 Å². The van der Waals surface area contributed by atoms with Gasteiger partial charge in [0.1, 0.15) is 43.2 Å². The highest BCUT2D eigenvalue weighted by molar-refractivity contribution is 7.47. The molecule has 0 radical (unpaired) electrons. The van der Waals surface area contributed by atoms with Gasteiger partial charge in [0.2, 0.25) is 0 Å². The number of phosphoric acid groups is 1. The van der Waals surface area contributed by atoms with Crippen LogP contribution in [0.1, 0.15) is 142 Å². The van der Waals surface area contributed by atoms with E-state index in [2.05, 4.69) is 98.9 Å². The molecule has 1 aliphatic heterocycles. The number of aliphatic hydroxyl groups excluding tert-OH is 5. The van der Waals surface area contributed by atoms with Crippen LogP contribution in [-0.2, 0) is 37.4 Å². The maximum absolute atomic E-state index is 12.8. The molecule has 0 bridgehead atoms. The smallest absolute Gasteiger partial charge is 0.462 e. The van der Waals surface area contributed by atoms with Gasteiger partial charge in [-0.25, -0.2) is 4.57 Å². The number of rotatable bonds is 37. The first kappa shape index (κ1) is 58.9. The number of esters is 2. The Morgan fingerprint density at radius 1 is 0.561 bits per heavy atom. The Morgan fingerprint density at radius 2 is 1.06 bits per heavy atom. The third-order valence-electron chi connectivity index (χ3n) is 10.8. The lowest BCUT2D eigenvalue weighted by Crippen LogP contribution is -2.64. The molecule has 10 atom stereocenters. The molecule has 1 saturated heterocycles. The van der Waals surface area contributed by atoms with Crippen molar-refractivity contribution in [1.82, 2.24) is 0 Å². The number of aliphatic hydroxyl groups is 5. The molecule has 15 heteroatoms. The number of unbranched alkanes of at least 4 members (excludes halogenated alkanes) is 6. The summed E-state index contributed by atoms with van der Waals surface area (Å²) in [6, 6.07) is 0. The first-order valence-corrected chi connectivity index (χ1v) is 25.7. The minimum atomic E-state index is -5.15. The van der Waals surface area contributed by atoms with Gasteiger partial charge in [-0.15, -0.1) is 0 Å². The van der Waals surface area contributed by atoms with Crippen LogP contribution < -0.4 is 0 Å². The monoisotopic (exact) mass is 949 g/mol.